The molecular weight excluding hydrogens is 741 g/mol. The highest BCUT2D eigenvalue weighted by atomic mass is 16.7. The summed E-state index contributed by atoms with van der Waals surface area (Å²) in [4.78, 5) is 22.1. The van der Waals surface area contributed by atoms with E-state index in [9.17, 15) is 20.1 Å². The van der Waals surface area contributed by atoms with E-state index < -0.39 is 23.8 Å². The first kappa shape index (κ1) is 44.6. The predicted octanol–water partition coefficient (Wildman–Crippen LogP) is 7.11. The zero-order chi connectivity index (χ0) is 41.2. The number of unbranched alkanes of at least 4 members (excludes halogenated alkanes) is 2. The van der Waals surface area contributed by atoms with E-state index in [4.69, 9.17) is 33.7 Å². The lowest BCUT2D eigenvalue weighted by atomic mass is 9.55. The third-order valence-electron chi connectivity index (χ3n) is 11.1. The summed E-state index contributed by atoms with van der Waals surface area (Å²) in [6.07, 6.45) is 12.0. The Kier molecular flexibility index (Phi) is 17.9. The molecule has 2 aromatic rings. The number of allylic oxidation sites excluding steroid dienone is 1. The Bertz CT molecular complexity index is 1680. The number of nitrogens with zero attached hydrogens (tertiary/aromatic N) is 2. The molecule has 3 aliphatic rings. The number of hydrogen-bond acceptors (Lipinski definition) is 11. The molecule has 316 valence electrons. The molecule has 58 heavy (non-hydrogen) atoms. The minimum Gasteiger partial charge on any atom is -0.490 e. The molecule has 0 spiro atoms. The van der Waals surface area contributed by atoms with Gasteiger partial charge in [0.2, 0.25) is 5.79 Å². The molecule has 0 unspecified atom stereocenters. The quantitative estimate of drug-likeness (QED) is 0.0511. The number of carbonyl (C=O) groups is 1. The van der Waals surface area contributed by atoms with E-state index in [-0.39, 0.29) is 83.6 Å². The fraction of sp³-hybridized carbons (Fsp3) is 0.522. The van der Waals surface area contributed by atoms with Crippen molar-refractivity contribution >= 4 is 11.8 Å². The molecule has 12 nitrogen and oxygen atoms in total. The van der Waals surface area contributed by atoms with Crippen molar-refractivity contribution in [1.29, 1.82) is 0 Å². The van der Waals surface area contributed by atoms with Gasteiger partial charge in [0.15, 0.2) is 0 Å². The number of aliphatic hydroxyl groups excluding tert-OH is 3. The molecular formula is C46H62N2O10. The first-order chi connectivity index (χ1) is 28.5. The smallest absolute Gasteiger partial charge is 0.410 e. The summed E-state index contributed by atoms with van der Waals surface area (Å²) in [5.74, 6) is -0.767. The Morgan fingerprint density at radius 2 is 1.69 bits per heavy atom. The first-order valence-electron chi connectivity index (χ1n) is 20.7. The van der Waals surface area contributed by atoms with Crippen LogP contribution in [0.3, 0.4) is 0 Å². The summed E-state index contributed by atoms with van der Waals surface area (Å²) >= 11 is 0. The Balaban J connectivity index is 1.75. The van der Waals surface area contributed by atoms with Gasteiger partial charge in [-0.2, -0.15) is 0 Å². The number of fused-ring (bicyclic) bond motifs is 2. The second-order valence-electron chi connectivity index (χ2n) is 14.9. The van der Waals surface area contributed by atoms with Gasteiger partial charge in [-0.3, -0.25) is 4.90 Å². The van der Waals surface area contributed by atoms with Gasteiger partial charge in [0.1, 0.15) is 30.8 Å². The van der Waals surface area contributed by atoms with Crippen molar-refractivity contribution in [2.24, 2.45) is 22.9 Å². The zero-order valence-corrected chi connectivity index (χ0v) is 33.8. The summed E-state index contributed by atoms with van der Waals surface area (Å²) in [7, 11) is 0. The van der Waals surface area contributed by atoms with Crippen molar-refractivity contribution < 1.29 is 48.6 Å². The zero-order valence-electron chi connectivity index (χ0n) is 33.8. The van der Waals surface area contributed by atoms with Gasteiger partial charge in [0.25, 0.3) is 0 Å². The molecule has 1 heterocycles. The standard InChI is InChI=1S/C46H62N2O10/c1-4-7-27-55-45(52)48(21-28-53-29-24-51)42-32-40(47-57-33-34-15-9-8-10-16-34)38-30-35(17-11-13-22-49)37(18-12-14-23-50)43-39-31-36(54-25-5-2)19-20-41(39)58-46(42,44(38)43)56-26-6-3/h4-6,8-10,15-16,19-20,30-31,35,37,42-44,49-51H,1-3,7,11-14,17-18,21-29,32-33H2/t35-,37+,42-,43+,44+,46+/m0/s1. The molecule has 2 aromatic carbocycles. The first-order valence-corrected chi connectivity index (χ1v) is 20.7. The van der Waals surface area contributed by atoms with Crippen molar-refractivity contribution in [3.05, 3.63) is 109 Å². The van der Waals surface area contributed by atoms with Crippen molar-refractivity contribution in [3.8, 4) is 11.5 Å². The number of amides is 1. The lowest BCUT2D eigenvalue weighted by Crippen LogP contribution is -2.70. The van der Waals surface area contributed by atoms with Crippen molar-refractivity contribution in [2.75, 3.05) is 59.4 Å². The van der Waals surface area contributed by atoms with Gasteiger partial charge in [0, 0.05) is 37.7 Å². The van der Waals surface area contributed by atoms with Crippen LogP contribution in [-0.4, -0.2) is 103 Å². The molecule has 0 radical (unpaired) electrons. The van der Waals surface area contributed by atoms with Crippen molar-refractivity contribution in [1.82, 2.24) is 4.90 Å². The van der Waals surface area contributed by atoms with Crippen molar-refractivity contribution in [3.63, 3.8) is 0 Å². The van der Waals surface area contributed by atoms with Gasteiger partial charge < -0.3 is 43.8 Å². The molecule has 5 rings (SSSR count). The summed E-state index contributed by atoms with van der Waals surface area (Å²) in [6.45, 7) is 12.8. The average molecular weight is 803 g/mol. The fourth-order valence-corrected chi connectivity index (χ4v) is 8.67. The second-order valence-corrected chi connectivity index (χ2v) is 14.9. The predicted molar refractivity (Wildman–Crippen MR) is 223 cm³/mol. The lowest BCUT2D eigenvalue weighted by molar-refractivity contribution is -0.256. The molecule has 12 heteroatoms. The Morgan fingerprint density at radius 1 is 0.914 bits per heavy atom. The summed E-state index contributed by atoms with van der Waals surface area (Å²) in [5.41, 5.74) is 3.50. The third-order valence-corrected chi connectivity index (χ3v) is 11.1. The number of hydrogen-bond donors (Lipinski definition) is 3. The monoisotopic (exact) mass is 802 g/mol. The molecule has 1 saturated carbocycles. The third kappa shape index (κ3) is 11.0. The maximum Gasteiger partial charge on any atom is 0.410 e. The van der Waals surface area contributed by atoms with Crippen LogP contribution in [0.15, 0.2) is 103 Å². The van der Waals surface area contributed by atoms with Crippen LogP contribution >= 0.6 is 0 Å². The normalized spacial score (nSPS) is 23.7. The number of oxime groups is 1. The number of carbonyl (C=O) groups excluding carboxylic acids is 1. The molecule has 0 bridgehead atoms. The summed E-state index contributed by atoms with van der Waals surface area (Å²) in [5, 5.41) is 34.1. The van der Waals surface area contributed by atoms with Crippen LogP contribution in [0.1, 0.15) is 68.4 Å². The maximum absolute atomic E-state index is 14.3. The van der Waals surface area contributed by atoms with Crippen LogP contribution in [0.5, 0.6) is 11.5 Å². The van der Waals surface area contributed by atoms with Gasteiger partial charge in [-0.1, -0.05) is 79.2 Å². The minimum atomic E-state index is -1.46. The number of aliphatic hydroxyl groups is 3. The summed E-state index contributed by atoms with van der Waals surface area (Å²) < 4.78 is 31.9. The number of benzene rings is 2. The molecule has 0 saturated heterocycles. The average Bonchev–Trinajstić information content (AvgIpc) is 3.24. The van der Waals surface area contributed by atoms with Crippen LogP contribution in [0.4, 0.5) is 4.79 Å². The highest BCUT2D eigenvalue weighted by Crippen LogP contribution is 2.62. The van der Waals surface area contributed by atoms with Crippen LogP contribution in [-0.2, 0) is 25.7 Å². The van der Waals surface area contributed by atoms with E-state index in [1.54, 1.807) is 23.1 Å². The largest absolute Gasteiger partial charge is 0.490 e. The van der Waals surface area contributed by atoms with E-state index in [1.807, 2.05) is 48.5 Å². The Morgan fingerprint density at radius 3 is 2.41 bits per heavy atom. The van der Waals surface area contributed by atoms with Crippen LogP contribution < -0.4 is 9.47 Å². The molecule has 2 aliphatic carbocycles. The van der Waals surface area contributed by atoms with Crippen LogP contribution in [0, 0.1) is 17.8 Å². The highest BCUT2D eigenvalue weighted by Gasteiger charge is 2.65. The van der Waals surface area contributed by atoms with Gasteiger partial charge in [-0.25, -0.2) is 4.79 Å². The fourth-order valence-electron chi connectivity index (χ4n) is 8.67. The molecule has 3 N–H and O–H groups in total. The van der Waals surface area contributed by atoms with Crippen LogP contribution in [0.25, 0.3) is 0 Å². The van der Waals surface area contributed by atoms with Gasteiger partial charge in [-0.05, 0) is 73.3 Å². The Hall–Kier alpha value is -4.46. The van der Waals surface area contributed by atoms with E-state index in [1.165, 1.54) is 0 Å². The maximum atomic E-state index is 14.3. The Labute approximate surface area is 343 Å². The van der Waals surface area contributed by atoms with E-state index in [0.29, 0.717) is 43.1 Å². The number of rotatable bonds is 26. The highest BCUT2D eigenvalue weighted by molar-refractivity contribution is 6.03. The van der Waals surface area contributed by atoms with Gasteiger partial charge in [0.05, 0.1) is 44.7 Å². The van der Waals surface area contributed by atoms with Crippen LogP contribution in [0.2, 0.25) is 0 Å². The number of ether oxygens (including phenoxy) is 5. The molecule has 1 fully saturated rings. The topological polar surface area (TPSA) is 149 Å². The second kappa shape index (κ2) is 23.2. The van der Waals surface area contributed by atoms with Crippen molar-refractivity contribution in [2.45, 2.75) is 75.7 Å². The van der Waals surface area contributed by atoms with Gasteiger partial charge in [-0.15, -0.1) is 13.2 Å². The van der Waals surface area contributed by atoms with E-state index >= 15 is 0 Å². The molecule has 1 aliphatic heterocycles. The molecule has 1 amide bonds. The van der Waals surface area contributed by atoms with E-state index in [0.717, 1.165) is 42.4 Å². The minimum absolute atomic E-state index is 0.0501. The molecule has 0 aromatic heterocycles. The molecule has 6 atom stereocenters. The lowest BCUT2D eigenvalue weighted by Gasteiger charge is -2.59. The van der Waals surface area contributed by atoms with Gasteiger partial charge >= 0.3 is 6.09 Å². The summed E-state index contributed by atoms with van der Waals surface area (Å²) in [6, 6.07) is 14.8. The van der Waals surface area contributed by atoms with E-state index in [2.05, 4.69) is 25.8 Å². The SMILES string of the molecule is C=CCCOC(=O)N(CCOCCO)[C@H]1CC(=NOCc2ccccc2)C2=C[C@H](CCCCO)[C@@H](CCCCO)[C@@H]3c4cc(OCC=C)ccc4O[C@@]1(OCC=C)[C@H]23.